The summed E-state index contributed by atoms with van der Waals surface area (Å²) in [6.45, 7) is 3.70. The Hall–Kier alpha value is -1.59. The van der Waals surface area contributed by atoms with E-state index in [0.717, 1.165) is 57.5 Å². The number of methoxy groups -OCH3 is 1. The molecule has 0 bridgehead atoms. The van der Waals surface area contributed by atoms with Crippen LogP contribution in [0.25, 0.3) is 0 Å². The van der Waals surface area contributed by atoms with Gasteiger partial charge in [-0.2, -0.15) is 0 Å². The molecule has 1 spiro atoms. The van der Waals surface area contributed by atoms with Gasteiger partial charge in [-0.15, -0.1) is 0 Å². The van der Waals surface area contributed by atoms with E-state index in [1.807, 2.05) is 12.1 Å². The van der Waals surface area contributed by atoms with Gasteiger partial charge in [-0.05, 0) is 56.2 Å². The highest BCUT2D eigenvalue weighted by Gasteiger charge is 2.43. The quantitative estimate of drug-likeness (QED) is 0.850. The highest BCUT2D eigenvalue weighted by molar-refractivity contribution is 5.80. The average molecular weight is 358 g/mol. The van der Waals surface area contributed by atoms with Gasteiger partial charge in [-0.1, -0.05) is 12.1 Å². The summed E-state index contributed by atoms with van der Waals surface area (Å²) in [6.07, 6.45) is 6.77. The van der Waals surface area contributed by atoms with Gasteiger partial charge in [0.2, 0.25) is 5.91 Å². The van der Waals surface area contributed by atoms with E-state index in [4.69, 9.17) is 9.47 Å². The maximum absolute atomic E-state index is 11.9. The van der Waals surface area contributed by atoms with Crippen molar-refractivity contribution in [1.29, 1.82) is 0 Å². The number of ether oxygens (including phenoxy) is 2. The molecule has 3 fully saturated rings. The molecular weight excluding hydrogens is 328 g/mol. The maximum Gasteiger partial charge on any atom is 0.223 e. The van der Waals surface area contributed by atoms with Gasteiger partial charge < -0.3 is 14.8 Å². The van der Waals surface area contributed by atoms with E-state index in [0.29, 0.717) is 6.54 Å². The highest BCUT2D eigenvalue weighted by Crippen LogP contribution is 2.37. The van der Waals surface area contributed by atoms with Crippen LogP contribution in [0.5, 0.6) is 5.75 Å². The number of hydrogen-bond donors (Lipinski definition) is 1. The van der Waals surface area contributed by atoms with Crippen molar-refractivity contribution < 1.29 is 14.3 Å². The number of rotatable bonds is 6. The normalized spacial score (nSPS) is 29.0. The van der Waals surface area contributed by atoms with Gasteiger partial charge >= 0.3 is 0 Å². The third-order valence-corrected chi connectivity index (χ3v) is 5.99. The first-order valence-corrected chi connectivity index (χ1v) is 9.97. The maximum atomic E-state index is 11.9. The molecule has 0 unspecified atom stereocenters. The third-order valence-electron chi connectivity index (χ3n) is 5.99. The number of amides is 1. The van der Waals surface area contributed by atoms with Crippen LogP contribution in [0, 0.1) is 5.92 Å². The molecule has 0 aromatic heterocycles. The molecule has 5 nitrogen and oxygen atoms in total. The predicted octanol–water partition coefficient (Wildman–Crippen LogP) is 2.74. The van der Waals surface area contributed by atoms with E-state index in [2.05, 4.69) is 22.3 Å². The first-order valence-electron chi connectivity index (χ1n) is 9.97. The van der Waals surface area contributed by atoms with E-state index in [1.165, 1.54) is 12.0 Å². The summed E-state index contributed by atoms with van der Waals surface area (Å²) >= 11 is 0. The van der Waals surface area contributed by atoms with Crippen LogP contribution in [-0.4, -0.2) is 49.3 Å². The number of carbonyl (C=O) groups excluding carboxylic acids is 1. The van der Waals surface area contributed by atoms with E-state index in [-0.39, 0.29) is 23.5 Å². The molecule has 3 aliphatic rings. The summed E-state index contributed by atoms with van der Waals surface area (Å²) < 4.78 is 11.7. The number of hydrogen-bond acceptors (Lipinski definition) is 4. The van der Waals surface area contributed by atoms with Crippen molar-refractivity contribution in [3.63, 3.8) is 0 Å². The number of benzene rings is 1. The first kappa shape index (κ1) is 17.8. The first-order chi connectivity index (χ1) is 12.7. The van der Waals surface area contributed by atoms with Crippen molar-refractivity contribution in [2.24, 2.45) is 5.92 Å². The molecule has 2 atom stereocenters. The molecule has 2 aliphatic heterocycles. The van der Waals surface area contributed by atoms with E-state index in [9.17, 15) is 4.79 Å². The molecule has 142 valence electrons. The Bertz CT molecular complexity index is 629. The fraction of sp³-hybridized carbons (Fsp3) is 0.667. The minimum Gasteiger partial charge on any atom is -0.497 e. The summed E-state index contributed by atoms with van der Waals surface area (Å²) in [5, 5.41) is 3.09. The molecule has 1 saturated carbocycles. The number of carbonyl (C=O) groups is 1. The Labute approximate surface area is 156 Å². The lowest BCUT2D eigenvalue weighted by Gasteiger charge is -2.39. The second-order valence-electron chi connectivity index (χ2n) is 8.14. The van der Waals surface area contributed by atoms with Crippen molar-refractivity contribution in [3.8, 4) is 5.75 Å². The molecule has 5 heteroatoms. The molecule has 1 aromatic rings. The zero-order valence-corrected chi connectivity index (χ0v) is 15.7. The van der Waals surface area contributed by atoms with Gasteiger partial charge in [0, 0.05) is 32.1 Å². The van der Waals surface area contributed by atoms with Crippen LogP contribution in [0.15, 0.2) is 24.3 Å². The van der Waals surface area contributed by atoms with Crippen molar-refractivity contribution >= 4 is 5.91 Å². The van der Waals surface area contributed by atoms with Gasteiger partial charge in [0.25, 0.3) is 0 Å². The molecule has 2 heterocycles. The number of nitrogens with one attached hydrogen (secondary N) is 1. The SMILES string of the molecule is COc1ccc(CN2CC[C@]3(CCC[C@H](CNC(=O)C4CC4)O3)C2)cc1. The highest BCUT2D eigenvalue weighted by atomic mass is 16.5. The van der Waals surface area contributed by atoms with E-state index >= 15 is 0 Å². The summed E-state index contributed by atoms with van der Waals surface area (Å²) in [4.78, 5) is 14.4. The van der Waals surface area contributed by atoms with Crippen LogP contribution in [0.4, 0.5) is 0 Å². The summed E-state index contributed by atoms with van der Waals surface area (Å²) in [7, 11) is 1.70. The van der Waals surface area contributed by atoms with Gasteiger partial charge in [0.15, 0.2) is 0 Å². The minimum atomic E-state index is -0.0142. The number of likely N-dealkylation sites (tertiary alicyclic amines) is 1. The topological polar surface area (TPSA) is 50.8 Å². The summed E-state index contributed by atoms with van der Waals surface area (Å²) in [6, 6.07) is 8.33. The van der Waals surface area contributed by atoms with Crippen molar-refractivity contribution in [3.05, 3.63) is 29.8 Å². The Balaban J connectivity index is 1.28. The smallest absolute Gasteiger partial charge is 0.223 e. The van der Waals surface area contributed by atoms with Crippen molar-refractivity contribution in [1.82, 2.24) is 10.2 Å². The Kier molecular flexibility index (Phi) is 5.18. The Morgan fingerprint density at radius 1 is 1.27 bits per heavy atom. The van der Waals surface area contributed by atoms with Crippen LogP contribution >= 0.6 is 0 Å². The molecule has 1 aromatic carbocycles. The van der Waals surface area contributed by atoms with Gasteiger partial charge in [-0.3, -0.25) is 9.69 Å². The lowest BCUT2D eigenvalue weighted by Crippen LogP contribution is -2.47. The molecule has 26 heavy (non-hydrogen) atoms. The zero-order valence-electron chi connectivity index (χ0n) is 15.7. The van der Waals surface area contributed by atoms with Crippen LogP contribution in [0.3, 0.4) is 0 Å². The van der Waals surface area contributed by atoms with Crippen LogP contribution in [-0.2, 0) is 16.1 Å². The third kappa shape index (κ3) is 4.21. The molecule has 1 aliphatic carbocycles. The molecule has 0 radical (unpaired) electrons. The number of nitrogens with zero attached hydrogens (tertiary/aromatic N) is 1. The fourth-order valence-electron chi connectivity index (χ4n) is 4.32. The molecular formula is C21H30N2O3. The average Bonchev–Trinajstić information content (AvgIpc) is 3.45. The van der Waals surface area contributed by atoms with Gasteiger partial charge in [0.1, 0.15) is 5.75 Å². The fourth-order valence-corrected chi connectivity index (χ4v) is 4.32. The van der Waals surface area contributed by atoms with Crippen molar-refractivity contribution in [2.75, 3.05) is 26.7 Å². The van der Waals surface area contributed by atoms with Crippen LogP contribution in [0.2, 0.25) is 0 Å². The predicted molar refractivity (Wildman–Crippen MR) is 100 cm³/mol. The Morgan fingerprint density at radius 2 is 2.08 bits per heavy atom. The molecule has 4 rings (SSSR count). The second kappa shape index (κ2) is 7.57. The van der Waals surface area contributed by atoms with Crippen LogP contribution < -0.4 is 10.1 Å². The van der Waals surface area contributed by atoms with Gasteiger partial charge in [-0.25, -0.2) is 0 Å². The molecule has 2 saturated heterocycles. The lowest BCUT2D eigenvalue weighted by atomic mass is 9.90. The largest absolute Gasteiger partial charge is 0.497 e. The zero-order chi connectivity index (χ0) is 18.0. The second-order valence-corrected chi connectivity index (χ2v) is 8.14. The lowest BCUT2D eigenvalue weighted by molar-refractivity contribution is -0.131. The van der Waals surface area contributed by atoms with Gasteiger partial charge in [0.05, 0.1) is 18.8 Å². The summed E-state index contributed by atoms with van der Waals surface area (Å²) in [5.41, 5.74) is 1.30. The monoisotopic (exact) mass is 358 g/mol. The van der Waals surface area contributed by atoms with Crippen LogP contribution in [0.1, 0.15) is 44.1 Å². The standard InChI is InChI=1S/C21H30N2O3/c1-25-18-8-4-16(5-9-18)14-23-12-11-21(15-23)10-2-3-19(26-21)13-22-20(24)17-6-7-17/h4-5,8-9,17,19H,2-3,6-7,10-15H2,1H3,(H,22,24)/t19-,21-/m1/s1. The molecule has 1 N–H and O–H groups in total. The Morgan fingerprint density at radius 3 is 2.81 bits per heavy atom. The van der Waals surface area contributed by atoms with Crippen molar-refractivity contribution in [2.45, 2.75) is 56.8 Å². The summed E-state index contributed by atoms with van der Waals surface area (Å²) in [5.74, 6) is 1.40. The minimum absolute atomic E-state index is 0.0142. The van der Waals surface area contributed by atoms with E-state index in [1.54, 1.807) is 7.11 Å². The molecule has 1 amide bonds. The van der Waals surface area contributed by atoms with E-state index < -0.39 is 0 Å².